The molecule has 0 aliphatic carbocycles. The Morgan fingerprint density at radius 1 is 1.23 bits per heavy atom. The van der Waals surface area contributed by atoms with Gasteiger partial charge in [0, 0.05) is 19.1 Å². The summed E-state index contributed by atoms with van der Waals surface area (Å²) in [5, 5.41) is 0. The summed E-state index contributed by atoms with van der Waals surface area (Å²) in [5.41, 5.74) is 0. The van der Waals surface area contributed by atoms with Crippen LogP contribution in [0.25, 0.3) is 0 Å². The fourth-order valence-electron chi connectivity index (χ4n) is 1.73. The SMILES string of the molecule is CN1CC(N2CC(=O)OC(=O)C2)C1. The van der Waals surface area contributed by atoms with Crippen LogP contribution in [0.15, 0.2) is 0 Å². The van der Waals surface area contributed by atoms with E-state index in [1.54, 1.807) is 0 Å². The van der Waals surface area contributed by atoms with Crippen LogP contribution in [0.2, 0.25) is 0 Å². The predicted molar refractivity (Wildman–Crippen MR) is 44.0 cm³/mol. The van der Waals surface area contributed by atoms with Crippen LogP contribution in [0, 0.1) is 0 Å². The number of hydrogen-bond donors (Lipinski definition) is 0. The van der Waals surface area contributed by atoms with Crippen LogP contribution < -0.4 is 0 Å². The summed E-state index contributed by atoms with van der Waals surface area (Å²) in [6, 6.07) is 0.349. The van der Waals surface area contributed by atoms with E-state index in [4.69, 9.17) is 0 Å². The van der Waals surface area contributed by atoms with Gasteiger partial charge in [0.15, 0.2) is 0 Å². The van der Waals surface area contributed by atoms with Crippen LogP contribution in [-0.2, 0) is 14.3 Å². The Morgan fingerprint density at radius 3 is 2.23 bits per heavy atom. The Kier molecular flexibility index (Phi) is 2.05. The van der Waals surface area contributed by atoms with Crippen molar-refractivity contribution >= 4 is 11.9 Å². The highest BCUT2D eigenvalue weighted by molar-refractivity contribution is 5.90. The van der Waals surface area contributed by atoms with Crippen molar-refractivity contribution in [2.24, 2.45) is 0 Å². The zero-order chi connectivity index (χ0) is 9.42. The standard InChI is InChI=1S/C8H12N2O3/c1-9-2-6(3-9)10-4-7(11)13-8(12)5-10/h6H,2-5H2,1H3. The van der Waals surface area contributed by atoms with Gasteiger partial charge in [-0.2, -0.15) is 0 Å². The molecule has 0 saturated carbocycles. The van der Waals surface area contributed by atoms with Gasteiger partial charge in [-0.25, -0.2) is 0 Å². The Bertz CT molecular complexity index is 232. The van der Waals surface area contributed by atoms with Crippen LogP contribution in [0.3, 0.4) is 0 Å². The highest BCUT2D eigenvalue weighted by atomic mass is 16.6. The van der Waals surface area contributed by atoms with Gasteiger partial charge < -0.3 is 9.64 Å². The average Bonchev–Trinajstić information content (AvgIpc) is 1.96. The molecule has 0 amide bonds. The molecule has 0 aromatic heterocycles. The number of esters is 2. The third kappa shape index (κ3) is 1.71. The number of cyclic esters (lactones) is 2. The summed E-state index contributed by atoms with van der Waals surface area (Å²) in [7, 11) is 2.01. The lowest BCUT2D eigenvalue weighted by Crippen LogP contribution is -2.61. The number of hydrogen-bond acceptors (Lipinski definition) is 5. The molecule has 2 heterocycles. The van der Waals surface area contributed by atoms with E-state index in [-0.39, 0.29) is 13.1 Å². The first-order valence-electron chi connectivity index (χ1n) is 4.31. The molecule has 2 aliphatic rings. The molecular weight excluding hydrogens is 172 g/mol. The van der Waals surface area contributed by atoms with E-state index >= 15 is 0 Å². The van der Waals surface area contributed by atoms with Gasteiger partial charge in [-0.1, -0.05) is 0 Å². The number of likely N-dealkylation sites (tertiary alicyclic amines) is 1. The fourth-order valence-corrected chi connectivity index (χ4v) is 1.73. The van der Waals surface area contributed by atoms with Crippen molar-refractivity contribution in [3.63, 3.8) is 0 Å². The molecule has 0 unspecified atom stereocenters. The van der Waals surface area contributed by atoms with Gasteiger partial charge in [0.05, 0.1) is 13.1 Å². The van der Waals surface area contributed by atoms with Crippen LogP contribution in [0.5, 0.6) is 0 Å². The maximum Gasteiger partial charge on any atom is 0.327 e. The maximum absolute atomic E-state index is 10.9. The molecule has 2 saturated heterocycles. The molecule has 5 nitrogen and oxygen atoms in total. The molecule has 72 valence electrons. The van der Waals surface area contributed by atoms with Gasteiger partial charge in [0.25, 0.3) is 0 Å². The Hall–Kier alpha value is -0.940. The summed E-state index contributed by atoms with van der Waals surface area (Å²) in [6.07, 6.45) is 0. The van der Waals surface area contributed by atoms with Crippen molar-refractivity contribution in [2.75, 3.05) is 33.2 Å². The summed E-state index contributed by atoms with van der Waals surface area (Å²) >= 11 is 0. The van der Waals surface area contributed by atoms with E-state index < -0.39 is 11.9 Å². The molecule has 2 rings (SSSR count). The molecule has 13 heavy (non-hydrogen) atoms. The van der Waals surface area contributed by atoms with E-state index in [0.717, 1.165) is 13.1 Å². The van der Waals surface area contributed by atoms with Gasteiger partial charge >= 0.3 is 11.9 Å². The van der Waals surface area contributed by atoms with Crippen molar-refractivity contribution in [1.29, 1.82) is 0 Å². The third-order valence-corrected chi connectivity index (χ3v) is 2.45. The number of carbonyl (C=O) groups is 2. The molecule has 0 aromatic carbocycles. The van der Waals surface area contributed by atoms with E-state index in [9.17, 15) is 9.59 Å². The molecule has 2 aliphatic heterocycles. The predicted octanol–water partition coefficient (Wildman–Crippen LogP) is -1.31. The second kappa shape index (κ2) is 3.08. The highest BCUT2D eigenvalue weighted by Crippen LogP contribution is 2.14. The first kappa shape index (κ1) is 8.65. The van der Waals surface area contributed by atoms with Crippen molar-refractivity contribution in [3.05, 3.63) is 0 Å². The number of nitrogens with zero attached hydrogens (tertiary/aromatic N) is 2. The topological polar surface area (TPSA) is 49.9 Å². The summed E-state index contributed by atoms with van der Waals surface area (Å²) in [6.45, 7) is 2.37. The maximum atomic E-state index is 10.9. The van der Waals surface area contributed by atoms with Gasteiger partial charge in [-0.05, 0) is 7.05 Å². The molecule has 2 fully saturated rings. The van der Waals surface area contributed by atoms with Crippen LogP contribution in [0.4, 0.5) is 0 Å². The van der Waals surface area contributed by atoms with Gasteiger partial charge in [0.2, 0.25) is 0 Å². The Morgan fingerprint density at radius 2 is 1.77 bits per heavy atom. The summed E-state index contributed by atoms with van der Waals surface area (Å²) in [4.78, 5) is 25.9. The van der Waals surface area contributed by atoms with Crippen molar-refractivity contribution in [3.8, 4) is 0 Å². The van der Waals surface area contributed by atoms with Gasteiger partial charge in [-0.15, -0.1) is 0 Å². The lowest BCUT2D eigenvalue weighted by atomic mass is 10.1. The van der Waals surface area contributed by atoms with E-state index in [1.807, 2.05) is 11.9 Å². The average molecular weight is 184 g/mol. The lowest BCUT2D eigenvalue weighted by Gasteiger charge is -2.43. The molecule has 0 radical (unpaired) electrons. The minimum atomic E-state index is -0.425. The third-order valence-electron chi connectivity index (χ3n) is 2.45. The Balaban J connectivity index is 1.92. The fraction of sp³-hybridized carbons (Fsp3) is 0.750. The highest BCUT2D eigenvalue weighted by Gasteiger charge is 2.35. The number of morpholine rings is 1. The van der Waals surface area contributed by atoms with E-state index in [0.29, 0.717) is 6.04 Å². The molecular formula is C8H12N2O3. The monoisotopic (exact) mass is 184 g/mol. The van der Waals surface area contributed by atoms with Crippen LogP contribution in [-0.4, -0.2) is 61.0 Å². The number of carbonyl (C=O) groups excluding carboxylic acids is 2. The second-order valence-corrected chi connectivity index (χ2v) is 3.63. The molecule has 0 spiro atoms. The number of ether oxygens (including phenoxy) is 1. The molecule has 5 heteroatoms. The van der Waals surface area contributed by atoms with E-state index in [1.165, 1.54) is 0 Å². The largest absolute Gasteiger partial charge is 0.391 e. The van der Waals surface area contributed by atoms with Crippen molar-refractivity contribution < 1.29 is 14.3 Å². The molecule has 0 aromatic rings. The first-order chi connectivity index (χ1) is 6.15. The summed E-state index contributed by atoms with van der Waals surface area (Å²) < 4.78 is 4.43. The molecule has 0 N–H and O–H groups in total. The minimum absolute atomic E-state index is 0.254. The van der Waals surface area contributed by atoms with Gasteiger partial charge in [0.1, 0.15) is 0 Å². The molecule has 0 atom stereocenters. The Labute approximate surface area is 76.2 Å². The smallest absolute Gasteiger partial charge is 0.327 e. The number of likely N-dealkylation sites (N-methyl/N-ethyl adjacent to an activating group) is 1. The minimum Gasteiger partial charge on any atom is -0.391 e. The summed E-state index contributed by atoms with van der Waals surface area (Å²) in [5.74, 6) is -0.850. The van der Waals surface area contributed by atoms with Crippen LogP contribution in [0.1, 0.15) is 0 Å². The lowest BCUT2D eigenvalue weighted by molar-refractivity contribution is -0.169. The zero-order valence-corrected chi connectivity index (χ0v) is 7.52. The van der Waals surface area contributed by atoms with Crippen LogP contribution >= 0.6 is 0 Å². The van der Waals surface area contributed by atoms with Crippen molar-refractivity contribution in [1.82, 2.24) is 9.80 Å². The number of rotatable bonds is 1. The molecule has 0 bridgehead atoms. The second-order valence-electron chi connectivity index (χ2n) is 3.63. The zero-order valence-electron chi connectivity index (χ0n) is 7.52. The van der Waals surface area contributed by atoms with Crippen molar-refractivity contribution in [2.45, 2.75) is 6.04 Å². The first-order valence-corrected chi connectivity index (χ1v) is 4.31. The van der Waals surface area contributed by atoms with Gasteiger partial charge in [-0.3, -0.25) is 14.5 Å². The van der Waals surface area contributed by atoms with E-state index in [2.05, 4.69) is 9.64 Å². The quantitative estimate of drug-likeness (QED) is 0.374. The normalized spacial score (nSPS) is 27.2.